The second kappa shape index (κ2) is 4.19. The fourth-order valence-electron chi connectivity index (χ4n) is 1.61. The largest absolute Gasteiger partial charge is 0.506 e. The van der Waals surface area contributed by atoms with Gasteiger partial charge in [0.2, 0.25) is 0 Å². The molecule has 3 aromatic rings. The van der Waals surface area contributed by atoms with Crippen LogP contribution in [0, 0.1) is 0 Å². The van der Waals surface area contributed by atoms with E-state index in [0.29, 0.717) is 10.9 Å². The third kappa shape index (κ3) is 1.84. The van der Waals surface area contributed by atoms with E-state index in [2.05, 4.69) is 4.98 Å². The van der Waals surface area contributed by atoms with Crippen molar-refractivity contribution < 1.29 is 9.84 Å². The Morgan fingerprint density at radius 3 is 2.78 bits per heavy atom. The molecular weight excluding hydrogens is 248 g/mol. The van der Waals surface area contributed by atoms with Crippen LogP contribution in [-0.2, 0) is 0 Å². The lowest BCUT2D eigenvalue weighted by Crippen LogP contribution is -1.91. The lowest BCUT2D eigenvalue weighted by Gasteiger charge is -2.05. The number of nitrogen functional groups attached to an aromatic ring is 1. The second-order valence-corrected chi connectivity index (χ2v) is 4.73. The summed E-state index contributed by atoms with van der Waals surface area (Å²) in [5, 5.41) is 10.0. The van der Waals surface area contributed by atoms with E-state index < -0.39 is 0 Å². The molecule has 0 bridgehead atoms. The van der Waals surface area contributed by atoms with Gasteiger partial charge in [0.1, 0.15) is 11.4 Å². The molecule has 18 heavy (non-hydrogen) atoms. The number of hydrogen-bond acceptors (Lipinski definition) is 5. The summed E-state index contributed by atoms with van der Waals surface area (Å²) < 4.78 is 6.64. The molecule has 2 aromatic carbocycles. The van der Waals surface area contributed by atoms with Crippen LogP contribution in [0.5, 0.6) is 16.7 Å². The first-order valence-corrected chi connectivity index (χ1v) is 6.16. The standard InChI is InChI=1S/C13H10N2O2S/c14-12-9(16)5-3-6-10(12)17-13-15-8-4-1-2-7-11(8)18-13/h1-7,16H,14H2. The van der Waals surface area contributed by atoms with Crippen LogP contribution in [0.15, 0.2) is 42.5 Å². The number of anilines is 1. The van der Waals surface area contributed by atoms with Gasteiger partial charge in [-0.3, -0.25) is 0 Å². The Morgan fingerprint density at radius 2 is 1.94 bits per heavy atom. The van der Waals surface area contributed by atoms with Crippen LogP contribution in [0.25, 0.3) is 10.2 Å². The summed E-state index contributed by atoms with van der Waals surface area (Å²) in [6.07, 6.45) is 0. The first-order valence-electron chi connectivity index (χ1n) is 5.35. The minimum atomic E-state index is 0.00797. The lowest BCUT2D eigenvalue weighted by atomic mass is 10.3. The molecule has 3 N–H and O–H groups in total. The van der Waals surface area contributed by atoms with E-state index in [-0.39, 0.29) is 11.4 Å². The number of phenolic OH excluding ortho intramolecular Hbond substituents is 1. The third-order valence-corrected chi connectivity index (χ3v) is 3.43. The van der Waals surface area contributed by atoms with E-state index in [1.165, 1.54) is 17.4 Å². The number of para-hydroxylation sites is 2. The molecule has 1 aromatic heterocycles. The Labute approximate surface area is 107 Å². The summed E-state index contributed by atoms with van der Waals surface area (Å²) in [6, 6.07) is 12.7. The van der Waals surface area contributed by atoms with Crippen molar-refractivity contribution in [1.29, 1.82) is 0 Å². The Balaban J connectivity index is 1.99. The maximum atomic E-state index is 9.50. The first kappa shape index (κ1) is 10.9. The van der Waals surface area contributed by atoms with Crippen LogP contribution in [0.4, 0.5) is 5.69 Å². The van der Waals surface area contributed by atoms with Crippen LogP contribution in [-0.4, -0.2) is 10.1 Å². The van der Waals surface area contributed by atoms with Crippen molar-refractivity contribution in [3.8, 4) is 16.7 Å². The molecule has 0 aliphatic heterocycles. The molecule has 0 spiro atoms. The molecule has 0 aliphatic carbocycles. The minimum absolute atomic E-state index is 0.00797. The van der Waals surface area contributed by atoms with Crippen molar-refractivity contribution in [2.45, 2.75) is 0 Å². The summed E-state index contributed by atoms with van der Waals surface area (Å²) in [4.78, 5) is 4.34. The highest BCUT2D eigenvalue weighted by molar-refractivity contribution is 7.20. The van der Waals surface area contributed by atoms with Gasteiger partial charge in [0.05, 0.1) is 10.2 Å². The van der Waals surface area contributed by atoms with Gasteiger partial charge in [0.25, 0.3) is 5.19 Å². The fourth-order valence-corrected chi connectivity index (χ4v) is 2.44. The maximum absolute atomic E-state index is 9.50. The highest BCUT2D eigenvalue weighted by atomic mass is 32.1. The molecule has 1 heterocycles. The number of rotatable bonds is 2. The predicted octanol–water partition coefficient (Wildman–Crippen LogP) is 3.38. The Bertz CT molecular complexity index is 676. The zero-order chi connectivity index (χ0) is 12.5. The fraction of sp³-hybridized carbons (Fsp3) is 0. The average Bonchev–Trinajstić information content (AvgIpc) is 2.77. The molecule has 0 radical (unpaired) electrons. The van der Waals surface area contributed by atoms with Crippen molar-refractivity contribution in [2.75, 3.05) is 5.73 Å². The van der Waals surface area contributed by atoms with E-state index >= 15 is 0 Å². The average molecular weight is 258 g/mol. The number of fused-ring (bicyclic) bond motifs is 1. The maximum Gasteiger partial charge on any atom is 0.279 e. The van der Waals surface area contributed by atoms with Crippen LogP contribution >= 0.6 is 11.3 Å². The highest BCUT2D eigenvalue weighted by Crippen LogP contribution is 2.36. The molecule has 4 nitrogen and oxygen atoms in total. The van der Waals surface area contributed by atoms with Crippen molar-refractivity contribution in [1.82, 2.24) is 4.98 Å². The van der Waals surface area contributed by atoms with Crippen molar-refractivity contribution in [3.05, 3.63) is 42.5 Å². The summed E-state index contributed by atoms with van der Waals surface area (Å²) in [6.45, 7) is 0. The van der Waals surface area contributed by atoms with E-state index in [1.54, 1.807) is 12.1 Å². The number of benzene rings is 2. The predicted molar refractivity (Wildman–Crippen MR) is 72.2 cm³/mol. The number of aromatic hydroxyl groups is 1. The SMILES string of the molecule is Nc1c(O)cccc1Oc1nc2ccccc2s1. The van der Waals surface area contributed by atoms with E-state index in [0.717, 1.165) is 10.2 Å². The van der Waals surface area contributed by atoms with Crippen molar-refractivity contribution in [3.63, 3.8) is 0 Å². The number of phenols is 1. The molecule has 5 heteroatoms. The van der Waals surface area contributed by atoms with Gasteiger partial charge in [-0.2, -0.15) is 0 Å². The quantitative estimate of drug-likeness (QED) is 0.546. The zero-order valence-corrected chi connectivity index (χ0v) is 10.1. The smallest absolute Gasteiger partial charge is 0.279 e. The van der Waals surface area contributed by atoms with E-state index in [4.69, 9.17) is 10.5 Å². The lowest BCUT2D eigenvalue weighted by molar-refractivity contribution is 0.459. The zero-order valence-electron chi connectivity index (χ0n) is 9.33. The molecule has 0 atom stereocenters. The number of thiazole rings is 1. The number of hydrogen-bond donors (Lipinski definition) is 2. The number of nitrogens with zero attached hydrogens (tertiary/aromatic N) is 1. The van der Waals surface area contributed by atoms with Crippen LogP contribution in [0.1, 0.15) is 0 Å². The van der Waals surface area contributed by atoms with Gasteiger partial charge < -0.3 is 15.6 Å². The van der Waals surface area contributed by atoms with Gasteiger partial charge >= 0.3 is 0 Å². The van der Waals surface area contributed by atoms with Crippen molar-refractivity contribution in [2.24, 2.45) is 0 Å². The first-order chi connectivity index (χ1) is 8.74. The van der Waals surface area contributed by atoms with Crippen LogP contribution < -0.4 is 10.5 Å². The Morgan fingerprint density at radius 1 is 1.11 bits per heavy atom. The minimum Gasteiger partial charge on any atom is -0.506 e. The van der Waals surface area contributed by atoms with Gasteiger partial charge in [0, 0.05) is 0 Å². The molecule has 0 saturated carbocycles. The highest BCUT2D eigenvalue weighted by Gasteiger charge is 2.09. The topological polar surface area (TPSA) is 68.4 Å². The summed E-state index contributed by atoms with van der Waals surface area (Å²) in [5.41, 5.74) is 6.83. The van der Waals surface area contributed by atoms with Crippen LogP contribution in [0.2, 0.25) is 0 Å². The molecule has 0 unspecified atom stereocenters. The normalized spacial score (nSPS) is 10.7. The Kier molecular flexibility index (Phi) is 2.53. The molecule has 3 rings (SSSR count). The molecule has 0 amide bonds. The van der Waals surface area contributed by atoms with Gasteiger partial charge in [-0.05, 0) is 24.3 Å². The summed E-state index contributed by atoms with van der Waals surface area (Å²) >= 11 is 1.44. The number of nitrogens with two attached hydrogens (primary N) is 1. The third-order valence-electron chi connectivity index (χ3n) is 2.51. The van der Waals surface area contributed by atoms with Gasteiger partial charge in [-0.15, -0.1) is 0 Å². The molecule has 0 aliphatic rings. The van der Waals surface area contributed by atoms with Gasteiger partial charge in [-0.1, -0.05) is 29.5 Å². The van der Waals surface area contributed by atoms with Crippen molar-refractivity contribution >= 4 is 27.2 Å². The van der Waals surface area contributed by atoms with Gasteiger partial charge in [-0.25, -0.2) is 4.98 Å². The number of aromatic nitrogens is 1. The van der Waals surface area contributed by atoms with Gasteiger partial charge in [0.15, 0.2) is 5.75 Å². The van der Waals surface area contributed by atoms with E-state index in [9.17, 15) is 5.11 Å². The molecular formula is C13H10N2O2S. The molecule has 90 valence electrons. The summed E-state index contributed by atoms with van der Waals surface area (Å²) in [5.74, 6) is 0.419. The number of ether oxygens (including phenoxy) is 1. The summed E-state index contributed by atoms with van der Waals surface area (Å²) in [7, 11) is 0. The molecule has 0 saturated heterocycles. The monoisotopic (exact) mass is 258 g/mol. The van der Waals surface area contributed by atoms with E-state index in [1.807, 2.05) is 24.3 Å². The molecule has 0 fully saturated rings. The second-order valence-electron chi connectivity index (χ2n) is 3.74. The van der Waals surface area contributed by atoms with Crippen LogP contribution in [0.3, 0.4) is 0 Å². The Hall–Kier alpha value is -2.27.